The lowest BCUT2D eigenvalue weighted by molar-refractivity contribution is -0.0866. The number of hydrogen-bond acceptors (Lipinski definition) is 5. The maximum atomic E-state index is 14.7. The molecule has 0 spiro atoms. The van der Waals surface area contributed by atoms with Crippen molar-refractivity contribution in [3.8, 4) is 11.5 Å². The zero-order valence-corrected chi connectivity index (χ0v) is 19.9. The van der Waals surface area contributed by atoms with Gasteiger partial charge >= 0.3 is 0 Å². The molecule has 3 aromatic carbocycles. The first-order valence-electron chi connectivity index (χ1n) is 11.3. The normalized spacial score (nSPS) is 22.5. The Morgan fingerprint density at radius 2 is 1.26 bits per heavy atom. The number of benzene rings is 3. The molecule has 5 nitrogen and oxygen atoms in total. The molecule has 1 fully saturated rings. The third-order valence-electron chi connectivity index (χ3n) is 6.43. The number of hydrogen-bond donors (Lipinski definition) is 0. The quantitative estimate of drug-likeness (QED) is 0.408. The second-order valence-electron chi connectivity index (χ2n) is 8.34. The van der Waals surface area contributed by atoms with Crippen LogP contribution < -0.4 is 9.47 Å². The molecule has 0 aromatic heterocycles. The molecule has 0 amide bonds. The molecule has 0 saturated carbocycles. The van der Waals surface area contributed by atoms with E-state index < -0.39 is 30.1 Å². The van der Waals surface area contributed by atoms with Crippen molar-refractivity contribution in [2.24, 2.45) is 0 Å². The summed E-state index contributed by atoms with van der Waals surface area (Å²) in [6.07, 6.45) is -3.02. The van der Waals surface area contributed by atoms with E-state index in [1.807, 2.05) is 78.9 Å². The Kier molecular flexibility index (Phi) is 7.51. The van der Waals surface area contributed by atoms with Gasteiger partial charge in [0.1, 0.15) is 29.3 Å². The molecule has 34 heavy (non-hydrogen) atoms. The first-order chi connectivity index (χ1) is 16.5. The number of halogens is 1. The van der Waals surface area contributed by atoms with Gasteiger partial charge < -0.3 is 23.7 Å². The molecule has 1 aliphatic rings. The van der Waals surface area contributed by atoms with Crippen molar-refractivity contribution < 1.29 is 28.1 Å². The predicted molar refractivity (Wildman–Crippen MR) is 128 cm³/mol. The minimum absolute atomic E-state index is 0.135. The Hall–Kier alpha value is -2.93. The van der Waals surface area contributed by atoms with E-state index in [2.05, 4.69) is 0 Å². The summed E-state index contributed by atoms with van der Waals surface area (Å²) >= 11 is 0. The Morgan fingerprint density at radius 3 is 1.74 bits per heavy atom. The summed E-state index contributed by atoms with van der Waals surface area (Å²) in [5.74, 6) is 1.49. The van der Waals surface area contributed by atoms with Crippen LogP contribution in [-0.4, -0.2) is 52.4 Å². The van der Waals surface area contributed by atoms with Crippen LogP contribution >= 0.6 is 0 Å². The van der Waals surface area contributed by atoms with Gasteiger partial charge in [-0.3, -0.25) is 0 Å². The van der Waals surface area contributed by atoms with Crippen molar-refractivity contribution in [2.45, 2.75) is 37.0 Å². The summed E-state index contributed by atoms with van der Waals surface area (Å²) < 4.78 is 43.5. The highest BCUT2D eigenvalue weighted by Crippen LogP contribution is 2.42. The molecule has 3 aromatic rings. The monoisotopic (exact) mass is 466 g/mol. The van der Waals surface area contributed by atoms with Gasteiger partial charge in [0.05, 0.1) is 26.9 Å². The molecule has 1 aliphatic heterocycles. The number of alkyl halides is 1. The van der Waals surface area contributed by atoms with Gasteiger partial charge in [0.25, 0.3) is 0 Å². The van der Waals surface area contributed by atoms with Crippen molar-refractivity contribution in [1.29, 1.82) is 0 Å². The average molecular weight is 467 g/mol. The minimum atomic E-state index is -1.22. The highest BCUT2D eigenvalue weighted by atomic mass is 19.1. The lowest BCUT2D eigenvalue weighted by Crippen LogP contribution is -2.39. The van der Waals surface area contributed by atoms with Crippen LogP contribution in [0.25, 0.3) is 0 Å². The standard InChI is InChI=1S/C28H31FO5/c1-19-26(29)27(32-4)25(34-19)18-33-28(20-8-6-5-7-9-20,21-10-14-23(30-2)15-11-21)22-12-16-24(31-3)17-13-22/h5-17,19,25-27H,18H2,1-4H3/t19-,25+,26+,27?/m0/s1. The summed E-state index contributed by atoms with van der Waals surface area (Å²) in [5, 5.41) is 0. The summed E-state index contributed by atoms with van der Waals surface area (Å²) in [6.45, 7) is 1.85. The average Bonchev–Trinajstić information content (AvgIpc) is 3.17. The van der Waals surface area contributed by atoms with Gasteiger partial charge in [0.15, 0.2) is 6.17 Å². The fourth-order valence-electron chi connectivity index (χ4n) is 4.60. The van der Waals surface area contributed by atoms with Crippen molar-refractivity contribution in [1.82, 2.24) is 0 Å². The van der Waals surface area contributed by atoms with Crippen molar-refractivity contribution in [2.75, 3.05) is 27.9 Å². The molecule has 0 bridgehead atoms. The molecule has 4 atom stereocenters. The van der Waals surface area contributed by atoms with Gasteiger partial charge in [0.2, 0.25) is 0 Å². The van der Waals surface area contributed by atoms with Gasteiger partial charge in [-0.2, -0.15) is 0 Å². The van der Waals surface area contributed by atoms with Crippen LogP contribution in [0.5, 0.6) is 11.5 Å². The molecule has 180 valence electrons. The molecule has 0 radical (unpaired) electrons. The number of ether oxygens (including phenoxy) is 5. The molecular weight excluding hydrogens is 435 g/mol. The Morgan fingerprint density at radius 1 is 0.765 bits per heavy atom. The molecule has 0 aliphatic carbocycles. The summed E-state index contributed by atoms with van der Waals surface area (Å²) in [6, 6.07) is 25.5. The smallest absolute Gasteiger partial charge is 0.154 e. The fraction of sp³-hybridized carbons (Fsp3) is 0.357. The maximum absolute atomic E-state index is 14.7. The second kappa shape index (κ2) is 10.6. The van der Waals surface area contributed by atoms with Crippen LogP contribution in [0.2, 0.25) is 0 Å². The van der Waals surface area contributed by atoms with Crippen LogP contribution in [0, 0.1) is 0 Å². The minimum Gasteiger partial charge on any atom is -0.497 e. The van der Waals surface area contributed by atoms with Gasteiger partial charge in [-0.05, 0) is 47.9 Å². The molecule has 6 heteroatoms. The van der Waals surface area contributed by atoms with Crippen LogP contribution in [0.4, 0.5) is 4.39 Å². The van der Waals surface area contributed by atoms with E-state index in [-0.39, 0.29) is 6.61 Å². The van der Waals surface area contributed by atoms with Crippen molar-refractivity contribution in [3.05, 3.63) is 95.6 Å². The summed E-state index contributed by atoms with van der Waals surface area (Å²) in [4.78, 5) is 0. The zero-order valence-electron chi connectivity index (χ0n) is 19.9. The molecule has 0 N–H and O–H groups in total. The van der Waals surface area contributed by atoms with E-state index in [0.717, 1.165) is 28.2 Å². The Labute approximate surface area is 200 Å². The highest BCUT2D eigenvalue weighted by Gasteiger charge is 2.46. The molecule has 1 saturated heterocycles. The highest BCUT2D eigenvalue weighted by molar-refractivity contribution is 5.49. The Balaban J connectivity index is 1.83. The van der Waals surface area contributed by atoms with E-state index >= 15 is 0 Å². The van der Waals surface area contributed by atoms with Gasteiger partial charge in [-0.25, -0.2) is 4.39 Å². The Bertz CT molecular complexity index is 991. The van der Waals surface area contributed by atoms with E-state index in [1.54, 1.807) is 21.1 Å². The summed E-state index contributed by atoms with van der Waals surface area (Å²) in [7, 11) is 4.77. The number of methoxy groups -OCH3 is 3. The van der Waals surface area contributed by atoms with Crippen molar-refractivity contribution in [3.63, 3.8) is 0 Å². The summed E-state index contributed by atoms with van der Waals surface area (Å²) in [5.41, 5.74) is 1.75. The maximum Gasteiger partial charge on any atom is 0.154 e. The SMILES string of the molecule is COc1ccc(C(OC[C@H]2O[C@@H](C)[C@@H](F)C2OC)(c2ccccc2)c2ccc(OC)cc2)cc1. The van der Waals surface area contributed by atoms with Gasteiger partial charge in [0, 0.05) is 7.11 Å². The molecule has 4 rings (SSSR count). The third kappa shape index (κ3) is 4.53. The molecule has 1 heterocycles. The van der Waals surface area contributed by atoms with E-state index in [9.17, 15) is 4.39 Å². The zero-order chi connectivity index (χ0) is 24.1. The van der Waals surface area contributed by atoms with Crippen LogP contribution in [-0.2, 0) is 19.8 Å². The van der Waals surface area contributed by atoms with E-state index in [1.165, 1.54) is 7.11 Å². The lowest BCUT2D eigenvalue weighted by atomic mass is 9.80. The molecular formula is C28H31FO5. The van der Waals surface area contributed by atoms with E-state index in [0.29, 0.717) is 0 Å². The van der Waals surface area contributed by atoms with E-state index in [4.69, 9.17) is 23.7 Å². The first kappa shape index (κ1) is 24.2. The van der Waals surface area contributed by atoms with Gasteiger partial charge in [-0.15, -0.1) is 0 Å². The largest absolute Gasteiger partial charge is 0.497 e. The van der Waals surface area contributed by atoms with Crippen molar-refractivity contribution >= 4 is 0 Å². The molecule has 1 unspecified atom stereocenters. The third-order valence-corrected chi connectivity index (χ3v) is 6.43. The first-order valence-corrected chi connectivity index (χ1v) is 11.3. The lowest BCUT2D eigenvalue weighted by Gasteiger charge is -2.37. The number of rotatable bonds is 9. The second-order valence-corrected chi connectivity index (χ2v) is 8.34. The predicted octanol–water partition coefficient (Wildman–Crippen LogP) is 5.15. The fourth-order valence-corrected chi connectivity index (χ4v) is 4.60. The topological polar surface area (TPSA) is 46.2 Å². The van der Waals surface area contributed by atoms with Crippen LogP contribution in [0.1, 0.15) is 23.6 Å². The van der Waals surface area contributed by atoms with Gasteiger partial charge in [-0.1, -0.05) is 54.6 Å². The van der Waals surface area contributed by atoms with Crippen LogP contribution in [0.3, 0.4) is 0 Å². The van der Waals surface area contributed by atoms with Crippen LogP contribution in [0.15, 0.2) is 78.9 Å².